The maximum absolute atomic E-state index is 14.6. The number of rotatable bonds is 5. The van der Waals surface area contributed by atoms with Crippen LogP contribution in [0.5, 0.6) is 5.75 Å². The van der Waals surface area contributed by atoms with Crippen molar-refractivity contribution in [3.05, 3.63) is 83.7 Å². The molecule has 1 amide bonds. The molecule has 0 aliphatic heterocycles. The van der Waals surface area contributed by atoms with Crippen molar-refractivity contribution in [1.82, 2.24) is 4.98 Å². The van der Waals surface area contributed by atoms with Crippen LogP contribution in [0.15, 0.2) is 66.7 Å². The largest absolute Gasteiger partial charge is 0.494 e. The van der Waals surface area contributed by atoms with Crippen LogP contribution in [0.2, 0.25) is 0 Å². The summed E-state index contributed by atoms with van der Waals surface area (Å²) in [7, 11) is 0. The lowest BCUT2D eigenvalue weighted by Gasteiger charge is -2.21. The molecule has 0 spiro atoms. The van der Waals surface area contributed by atoms with Crippen molar-refractivity contribution in [1.29, 1.82) is 0 Å². The smallest absolute Gasteiger partial charge is 0.416 e. The zero-order chi connectivity index (χ0) is 22.9. The summed E-state index contributed by atoms with van der Waals surface area (Å²) in [4.78, 5) is 19.0. The Morgan fingerprint density at radius 1 is 1.06 bits per heavy atom. The van der Waals surface area contributed by atoms with Gasteiger partial charge in [-0.15, -0.1) is 0 Å². The molecule has 0 atom stereocenters. The van der Waals surface area contributed by atoms with E-state index in [1.54, 1.807) is 36.4 Å². The Morgan fingerprint density at radius 3 is 2.41 bits per heavy atom. The van der Waals surface area contributed by atoms with E-state index in [0.717, 1.165) is 10.8 Å². The number of hydrogen-bond donors (Lipinski definition) is 0. The van der Waals surface area contributed by atoms with Gasteiger partial charge in [-0.2, -0.15) is 13.2 Å². The van der Waals surface area contributed by atoms with Crippen LogP contribution in [-0.2, 0) is 6.18 Å². The number of carbonyl (C=O) groups is 1. The summed E-state index contributed by atoms with van der Waals surface area (Å²) in [6.07, 6.45) is -4.72. The van der Waals surface area contributed by atoms with E-state index in [0.29, 0.717) is 35.7 Å². The fourth-order valence-electron chi connectivity index (χ4n) is 3.11. The van der Waals surface area contributed by atoms with E-state index in [1.807, 2.05) is 19.1 Å². The van der Waals surface area contributed by atoms with Crippen molar-refractivity contribution in [3.8, 4) is 5.75 Å². The van der Waals surface area contributed by atoms with Gasteiger partial charge in [-0.25, -0.2) is 9.37 Å². The van der Waals surface area contributed by atoms with Gasteiger partial charge in [0, 0.05) is 0 Å². The Kier molecular flexibility index (Phi) is 5.84. The Hall–Kier alpha value is -3.46. The quantitative estimate of drug-likeness (QED) is 0.307. The standard InChI is InChI=1S/C23H16F4N2O2S/c1-2-31-16-10-8-15(9-11-16)29(22-28-19-5-3-4-6-20(19)32-22)21(30)17-12-7-14(13-18(17)24)23(25,26)27/h3-13H,2H2,1H3. The number of fused-ring (bicyclic) bond motifs is 1. The molecule has 0 bridgehead atoms. The van der Waals surface area contributed by atoms with Crippen molar-refractivity contribution in [2.45, 2.75) is 13.1 Å². The summed E-state index contributed by atoms with van der Waals surface area (Å²) < 4.78 is 59.6. The first-order valence-corrected chi connectivity index (χ1v) is 10.4. The number of nitrogens with zero attached hydrogens (tertiary/aromatic N) is 2. The highest BCUT2D eigenvalue weighted by atomic mass is 32.1. The lowest BCUT2D eigenvalue weighted by molar-refractivity contribution is -0.137. The predicted molar refractivity (Wildman–Crippen MR) is 115 cm³/mol. The monoisotopic (exact) mass is 460 g/mol. The molecule has 9 heteroatoms. The van der Waals surface area contributed by atoms with Crippen molar-refractivity contribution < 1.29 is 27.1 Å². The van der Waals surface area contributed by atoms with Crippen LogP contribution in [0.3, 0.4) is 0 Å². The van der Waals surface area contributed by atoms with Crippen LogP contribution in [-0.4, -0.2) is 17.5 Å². The second-order valence-electron chi connectivity index (χ2n) is 6.72. The van der Waals surface area contributed by atoms with Gasteiger partial charge in [-0.3, -0.25) is 9.69 Å². The number of benzene rings is 3. The number of hydrogen-bond acceptors (Lipinski definition) is 4. The Balaban J connectivity index is 1.81. The van der Waals surface area contributed by atoms with E-state index in [4.69, 9.17) is 4.74 Å². The summed E-state index contributed by atoms with van der Waals surface area (Å²) in [5.41, 5.74) is -0.647. The van der Waals surface area contributed by atoms with E-state index in [9.17, 15) is 22.4 Å². The normalized spacial score (nSPS) is 11.5. The molecule has 0 radical (unpaired) electrons. The van der Waals surface area contributed by atoms with E-state index in [1.165, 1.54) is 16.2 Å². The average Bonchev–Trinajstić information content (AvgIpc) is 3.18. The summed E-state index contributed by atoms with van der Waals surface area (Å²) >= 11 is 1.21. The van der Waals surface area contributed by atoms with Crippen molar-refractivity contribution in [3.63, 3.8) is 0 Å². The SMILES string of the molecule is CCOc1ccc(N(C(=O)c2ccc(C(F)(F)F)cc2F)c2nc3ccccc3s2)cc1. The Morgan fingerprint density at radius 2 is 1.78 bits per heavy atom. The van der Waals surface area contributed by atoms with Gasteiger partial charge in [0.15, 0.2) is 5.13 Å². The molecule has 4 rings (SSSR count). The molecule has 3 aromatic carbocycles. The molecule has 0 saturated heterocycles. The van der Waals surface area contributed by atoms with Crippen molar-refractivity contribution in [2.75, 3.05) is 11.5 Å². The highest BCUT2D eigenvalue weighted by Crippen LogP contribution is 2.36. The maximum atomic E-state index is 14.6. The van der Waals surface area contributed by atoms with Gasteiger partial charge < -0.3 is 4.74 Å². The van der Waals surface area contributed by atoms with Crippen LogP contribution in [0, 0.1) is 5.82 Å². The second kappa shape index (κ2) is 8.58. The number of thiazole rings is 1. The lowest BCUT2D eigenvalue weighted by Crippen LogP contribution is -2.27. The molecule has 1 heterocycles. The zero-order valence-electron chi connectivity index (χ0n) is 16.7. The summed E-state index contributed by atoms with van der Waals surface area (Å²) in [5.74, 6) is -1.52. The van der Waals surface area contributed by atoms with Crippen LogP contribution in [0.4, 0.5) is 28.4 Å². The molecule has 0 unspecified atom stereocenters. The number of ether oxygens (including phenoxy) is 1. The highest BCUT2D eigenvalue weighted by molar-refractivity contribution is 7.22. The Labute approximate surface area is 184 Å². The third-order valence-electron chi connectivity index (χ3n) is 4.61. The number of amides is 1. The molecule has 0 saturated carbocycles. The molecule has 4 aromatic rings. The molecule has 0 aliphatic rings. The molecule has 0 fully saturated rings. The first kappa shape index (κ1) is 21.8. The second-order valence-corrected chi connectivity index (χ2v) is 7.73. The summed E-state index contributed by atoms with van der Waals surface area (Å²) in [6.45, 7) is 2.29. The minimum Gasteiger partial charge on any atom is -0.494 e. The Bertz CT molecular complexity index is 1240. The summed E-state index contributed by atoms with van der Waals surface area (Å²) in [6, 6.07) is 15.6. The topological polar surface area (TPSA) is 42.4 Å². The third kappa shape index (κ3) is 4.29. The molecule has 0 N–H and O–H groups in total. The maximum Gasteiger partial charge on any atom is 0.416 e. The molecule has 4 nitrogen and oxygen atoms in total. The third-order valence-corrected chi connectivity index (χ3v) is 5.63. The van der Waals surface area contributed by atoms with Crippen molar-refractivity contribution >= 4 is 38.3 Å². The van der Waals surface area contributed by atoms with Gasteiger partial charge in [0.2, 0.25) is 0 Å². The minimum atomic E-state index is -4.72. The fraction of sp³-hybridized carbons (Fsp3) is 0.130. The fourth-order valence-corrected chi connectivity index (χ4v) is 4.10. The molecular weight excluding hydrogens is 444 g/mol. The molecule has 1 aromatic heterocycles. The zero-order valence-corrected chi connectivity index (χ0v) is 17.5. The molecule has 164 valence electrons. The van der Waals surface area contributed by atoms with Crippen LogP contribution >= 0.6 is 11.3 Å². The van der Waals surface area contributed by atoms with Crippen molar-refractivity contribution in [2.24, 2.45) is 0 Å². The van der Waals surface area contributed by atoms with Gasteiger partial charge in [-0.1, -0.05) is 23.5 Å². The van der Waals surface area contributed by atoms with Crippen LogP contribution < -0.4 is 9.64 Å². The number of para-hydroxylation sites is 1. The molecule has 0 aliphatic carbocycles. The van der Waals surface area contributed by atoms with E-state index in [2.05, 4.69) is 4.98 Å². The minimum absolute atomic E-state index is 0.264. The number of carbonyl (C=O) groups excluding carboxylic acids is 1. The first-order chi connectivity index (χ1) is 15.3. The predicted octanol–water partition coefficient (Wildman–Crippen LogP) is 6.83. The van der Waals surface area contributed by atoms with Gasteiger partial charge in [0.1, 0.15) is 11.6 Å². The van der Waals surface area contributed by atoms with Gasteiger partial charge >= 0.3 is 6.18 Å². The number of halogens is 4. The first-order valence-electron chi connectivity index (χ1n) is 9.57. The van der Waals surface area contributed by atoms with Gasteiger partial charge in [0.25, 0.3) is 5.91 Å². The number of aromatic nitrogens is 1. The summed E-state index contributed by atoms with van der Waals surface area (Å²) in [5, 5.41) is 0.264. The van der Waals surface area contributed by atoms with Crippen LogP contribution in [0.25, 0.3) is 10.2 Å². The highest BCUT2D eigenvalue weighted by Gasteiger charge is 2.33. The van der Waals surface area contributed by atoms with E-state index >= 15 is 0 Å². The lowest BCUT2D eigenvalue weighted by atomic mass is 10.1. The number of anilines is 2. The van der Waals surface area contributed by atoms with Gasteiger partial charge in [-0.05, 0) is 61.5 Å². The van der Waals surface area contributed by atoms with E-state index in [-0.39, 0.29) is 5.13 Å². The number of alkyl halides is 3. The van der Waals surface area contributed by atoms with E-state index < -0.39 is 29.0 Å². The van der Waals surface area contributed by atoms with Crippen LogP contribution in [0.1, 0.15) is 22.8 Å². The van der Waals surface area contributed by atoms with Gasteiger partial charge in [0.05, 0.1) is 33.6 Å². The molecule has 32 heavy (non-hydrogen) atoms. The average molecular weight is 460 g/mol. The molecular formula is C23H16F4N2O2S.